The van der Waals surface area contributed by atoms with Crippen molar-refractivity contribution < 1.29 is 13.2 Å². The van der Waals surface area contributed by atoms with Crippen LogP contribution in [0.15, 0.2) is 35.5 Å². The summed E-state index contributed by atoms with van der Waals surface area (Å²) in [6.45, 7) is 0. The van der Waals surface area contributed by atoms with Crippen molar-refractivity contribution in [2.75, 3.05) is 17.3 Å². The summed E-state index contributed by atoms with van der Waals surface area (Å²) in [5.74, 6) is 0.774. The Morgan fingerprint density at radius 3 is 2.83 bits per heavy atom. The van der Waals surface area contributed by atoms with Gasteiger partial charge in [-0.3, -0.25) is 9.89 Å². The lowest BCUT2D eigenvalue weighted by atomic mass is 10.2. The monoisotopic (exact) mass is 352 g/mol. The maximum Gasteiger partial charge on any atom is 0.230 e. The summed E-state index contributed by atoms with van der Waals surface area (Å²) in [5, 5.41) is 10.1. The largest absolute Gasteiger partial charge is 0.352 e. The number of nitrogens with zero attached hydrogens (tertiary/aromatic N) is 2. The van der Waals surface area contributed by atoms with E-state index in [4.69, 9.17) is 0 Å². The maximum atomic E-state index is 11.9. The minimum absolute atomic E-state index is 0.0300. The van der Waals surface area contributed by atoms with E-state index in [1.165, 1.54) is 11.8 Å². The maximum absolute atomic E-state index is 11.9. The van der Waals surface area contributed by atoms with E-state index in [-0.39, 0.29) is 29.2 Å². The summed E-state index contributed by atoms with van der Waals surface area (Å²) < 4.78 is 22.7. The molecule has 1 fully saturated rings. The Bertz CT molecular complexity index is 789. The molecular formula is C14H16N4O3S2. The van der Waals surface area contributed by atoms with Crippen LogP contribution in [0.5, 0.6) is 0 Å². The summed E-state index contributed by atoms with van der Waals surface area (Å²) in [5.41, 5.74) is 0.924. The van der Waals surface area contributed by atoms with Gasteiger partial charge in [-0.05, 0) is 6.42 Å². The number of aromatic amines is 1. The van der Waals surface area contributed by atoms with E-state index in [1.807, 2.05) is 30.3 Å². The van der Waals surface area contributed by atoms with Crippen LogP contribution in [-0.4, -0.2) is 52.8 Å². The van der Waals surface area contributed by atoms with E-state index in [9.17, 15) is 13.2 Å². The first-order chi connectivity index (χ1) is 11.0. The second kappa shape index (κ2) is 6.71. The number of H-pyrrole nitrogens is 1. The third-order valence-corrected chi connectivity index (χ3v) is 6.06. The van der Waals surface area contributed by atoms with E-state index in [0.29, 0.717) is 17.4 Å². The van der Waals surface area contributed by atoms with E-state index in [0.717, 1.165) is 5.56 Å². The van der Waals surface area contributed by atoms with E-state index < -0.39 is 9.84 Å². The molecule has 0 bridgehead atoms. The first kappa shape index (κ1) is 16.0. The molecular weight excluding hydrogens is 336 g/mol. The number of benzene rings is 1. The summed E-state index contributed by atoms with van der Waals surface area (Å²) >= 11 is 1.21. The molecule has 1 aromatic carbocycles. The van der Waals surface area contributed by atoms with Gasteiger partial charge in [-0.2, -0.15) is 0 Å². The average Bonchev–Trinajstić information content (AvgIpc) is 3.13. The zero-order chi connectivity index (χ0) is 16.3. The first-order valence-corrected chi connectivity index (χ1v) is 9.93. The van der Waals surface area contributed by atoms with Gasteiger partial charge in [0.2, 0.25) is 11.1 Å². The van der Waals surface area contributed by atoms with Gasteiger partial charge >= 0.3 is 0 Å². The Labute approximate surface area is 138 Å². The van der Waals surface area contributed by atoms with Gasteiger partial charge in [0.05, 0.1) is 17.3 Å². The number of hydrogen-bond acceptors (Lipinski definition) is 6. The minimum Gasteiger partial charge on any atom is -0.352 e. The molecule has 1 unspecified atom stereocenters. The summed E-state index contributed by atoms with van der Waals surface area (Å²) in [6, 6.07) is 9.30. The number of carbonyl (C=O) groups excluding carboxylic acids is 1. The van der Waals surface area contributed by atoms with Gasteiger partial charge in [0.25, 0.3) is 0 Å². The fraction of sp³-hybridized carbons (Fsp3) is 0.357. The molecule has 0 radical (unpaired) electrons. The van der Waals surface area contributed by atoms with Crippen molar-refractivity contribution in [1.29, 1.82) is 0 Å². The molecule has 9 heteroatoms. The lowest BCUT2D eigenvalue weighted by Gasteiger charge is -2.09. The number of nitrogens with one attached hydrogen (secondary N) is 2. The van der Waals surface area contributed by atoms with Crippen LogP contribution in [0.3, 0.4) is 0 Å². The molecule has 0 saturated carbocycles. The highest BCUT2D eigenvalue weighted by molar-refractivity contribution is 7.99. The first-order valence-electron chi connectivity index (χ1n) is 7.12. The second-order valence-corrected chi connectivity index (χ2v) is 8.46. The van der Waals surface area contributed by atoms with Crippen LogP contribution in [0.2, 0.25) is 0 Å². The highest BCUT2D eigenvalue weighted by Gasteiger charge is 2.28. The molecule has 1 aliphatic heterocycles. The van der Waals surface area contributed by atoms with Gasteiger partial charge in [0.1, 0.15) is 0 Å². The molecule has 2 aromatic rings. The molecule has 1 atom stereocenters. The zero-order valence-corrected chi connectivity index (χ0v) is 13.9. The van der Waals surface area contributed by atoms with Crippen LogP contribution in [0.25, 0.3) is 11.4 Å². The predicted molar refractivity (Wildman–Crippen MR) is 87.7 cm³/mol. The van der Waals surface area contributed by atoms with Gasteiger partial charge < -0.3 is 5.32 Å². The topological polar surface area (TPSA) is 105 Å². The molecule has 1 saturated heterocycles. The van der Waals surface area contributed by atoms with Gasteiger partial charge in [-0.25, -0.2) is 13.4 Å². The highest BCUT2D eigenvalue weighted by Crippen LogP contribution is 2.19. The Hall–Kier alpha value is -1.87. The van der Waals surface area contributed by atoms with Crippen molar-refractivity contribution in [2.45, 2.75) is 17.6 Å². The van der Waals surface area contributed by atoms with Crippen LogP contribution >= 0.6 is 11.8 Å². The average molecular weight is 352 g/mol. The molecule has 3 rings (SSSR count). The molecule has 122 valence electrons. The van der Waals surface area contributed by atoms with E-state index >= 15 is 0 Å². The predicted octanol–water partition coefficient (Wildman–Crippen LogP) is 0.867. The second-order valence-electron chi connectivity index (χ2n) is 5.29. The van der Waals surface area contributed by atoms with Crippen molar-refractivity contribution >= 4 is 27.5 Å². The smallest absolute Gasteiger partial charge is 0.230 e. The number of rotatable bonds is 5. The molecule has 7 nitrogen and oxygen atoms in total. The van der Waals surface area contributed by atoms with Crippen molar-refractivity contribution in [3.8, 4) is 11.4 Å². The molecule has 23 heavy (non-hydrogen) atoms. The van der Waals surface area contributed by atoms with Gasteiger partial charge in [-0.1, -0.05) is 42.1 Å². The molecule has 2 N–H and O–H groups in total. The van der Waals surface area contributed by atoms with Gasteiger partial charge in [-0.15, -0.1) is 5.10 Å². The lowest BCUT2D eigenvalue weighted by Crippen LogP contribution is -2.36. The van der Waals surface area contributed by atoms with E-state index in [1.54, 1.807) is 0 Å². The Morgan fingerprint density at radius 2 is 2.13 bits per heavy atom. The van der Waals surface area contributed by atoms with Crippen LogP contribution in [0, 0.1) is 0 Å². The molecule has 1 amide bonds. The van der Waals surface area contributed by atoms with Gasteiger partial charge in [0, 0.05) is 11.6 Å². The molecule has 2 heterocycles. The zero-order valence-electron chi connectivity index (χ0n) is 12.2. The third-order valence-electron chi connectivity index (χ3n) is 3.44. The Balaban J connectivity index is 1.51. The van der Waals surface area contributed by atoms with Crippen LogP contribution in [0.1, 0.15) is 6.42 Å². The summed E-state index contributed by atoms with van der Waals surface area (Å²) in [4.78, 5) is 16.2. The van der Waals surface area contributed by atoms with Crippen molar-refractivity contribution in [1.82, 2.24) is 20.5 Å². The van der Waals surface area contributed by atoms with Crippen molar-refractivity contribution in [3.05, 3.63) is 30.3 Å². The normalized spacial score (nSPS) is 19.6. The Kier molecular flexibility index (Phi) is 4.67. The SMILES string of the molecule is O=C(CSc1n[nH]c(-c2ccccc2)n1)NC1CCS(=O)(=O)C1. The molecule has 0 spiro atoms. The number of carbonyl (C=O) groups is 1. The minimum atomic E-state index is -2.99. The van der Waals surface area contributed by atoms with Crippen LogP contribution in [0.4, 0.5) is 0 Å². The number of hydrogen-bond donors (Lipinski definition) is 2. The Morgan fingerprint density at radius 1 is 1.35 bits per heavy atom. The number of aromatic nitrogens is 3. The van der Waals surface area contributed by atoms with Crippen molar-refractivity contribution in [3.63, 3.8) is 0 Å². The highest BCUT2D eigenvalue weighted by atomic mass is 32.2. The summed E-state index contributed by atoms with van der Waals surface area (Å²) in [7, 11) is -2.99. The number of amides is 1. The quantitative estimate of drug-likeness (QED) is 0.774. The van der Waals surface area contributed by atoms with Gasteiger partial charge in [0.15, 0.2) is 15.7 Å². The standard InChI is InChI=1S/C14H16N4O3S2/c19-12(15-11-6-7-23(20,21)9-11)8-22-14-16-13(17-18-14)10-4-2-1-3-5-10/h1-5,11H,6-9H2,(H,15,19)(H,16,17,18). The van der Waals surface area contributed by atoms with Crippen LogP contribution < -0.4 is 5.32 Å². The van der Waals surface area contributed by atoms with E-state index in [2.05, 4.69) is 20.5 Å². The van der Waals surface area contributed by atoms with Crippen molar-refractivity contribution in [2.24, 2.45) is 0 Å². The number of sulfone groups is 1. The lowest BCUT2D eigenvalue weighted by molar-refractivity contribution is -0.119. The fourth-order valence-electron chi connectivity index (χ4n) is 2.34. The molecule has 0 aliphatic carbocycles. The number of thioether (sulfide) groups is 1. The molecule has 1 aromatic heterocycles. The summed E-state index contributed by atoms with van der Waals surface area (Å²) in [6.07, 6.45) is 0.484. The third kappa shape index (κ3) is 4.32. The fourth-order valence-corrected chi connectivity index (χ4v) is 4.63. The van der Waals surface area contributed by atoms with Crippen LogP contribution in [-0.2, 0) is 14.6 Å². The molecule has 1 aliphatic rings.